The van der Waals surface area contributed by atoms with Crippen LogP contribution in [0.4, 0.5) is 5.82 Å². The van der Waals surface area contributed by atoms with Crippen molar-refractivity contribution in [3.63, 3.8) is 0 Å². The number of rotatable bonds is 2. The third-order valence-electron chi connectivity index (χ3n) is 1.25. The molecule has 0 saturated carbocycles. The SMILES string of the molecule is CNc1nn(C)cc1SC. The van der Waals surface area contributed by atoms with E-state index in [1.54, 1.807) is 16.4 Å². The Morgan fingerprint density at radius 2 is 2.40 bits per heavy atom. The lowest BCUT2D eigenvalue weighted by atomic mass is 10.6. The molecule has 3 nitrogen and oxygen atoms in total. The second kappa shape index (κ2) is 2.96. The van der Waals surface area contributed by atoms with Crippen LogP contribution in [-0.2, 0) is 7.05 Å². The lowest BCUT2D eigenvalue weighted by molar-refractivity contribution is 0.769. The first-order valence-electron chi connectivity index (χ1n) is 3.03. The minimum atomic E-state index is 0.954. The van der Waals surface area contributed by atoms with Crippen molar-refractivity contribution in [2.45, 2.75) is 4.90 Å². The highest BCUT2D eigenvalue weighted by atomic mass is 32.2. The molecule has 4 heteroatoms. The van der Waals surface area contributed by atoms with E-state index in [4.69, 9.17) is 0 Å². The van der Waals surface area contributed by atoms with Crippen LogP contribution >= 0.6 is 11.8 Å². The lowest BCUT2D eigenvalue weighted by Gasteiger charge is -1.93. The minimum Gasteiger partial charge on any atom is -0.371 e. The van der Waals surface area contributed by atoms with Gasteiger partial charge in [-0.15, -0.1) is 11.8 Å². The van der Waals surface area contributed by atoms with E-state index in [-0.39, 0.29) is 0 Å². The zero-order chi connectivity index (χ0) is 7.56. The third kappa shape index (κ3) is 1.26. The number of aryl methyl sites for hydroxylation is 1. The average Bonchev–Trinajstić information content (AvgIpc) is 2.30. The molecule has 0 atom stereocenters. The van der Waals surface area contributed by atoms with Crippen molar-refractivity contribution in [2.24, 2.45) is 7.05 Å². The Morgan fingerprint density at radius 3 is 2.80 bits per heavy atom. The van der Waals surface area contributed by atoms with E-state index in [0.717, 1.165) is 5.82 Å². The molecule has 1 aromatic rings. The van der Waals surface area contributed by atoms with Crippen molar-refractivity contribution >= 4 is 17.6 Å². The van der Waals surface area contributed by atoms with Gasteiger partial charge in [-0.1, -0.05) is 0 Å². The number of hydrogen-bond donors (Lipinski definition) is 1. The molecule has 0 fully saturated rings. The van der Waals surface area contributed by atoms with Crippen LogP contribution < -0.4 is 5.32 Å². The van der Waals surface area contributed by atoms with E-state index in [1.807, 2.05) is 26.5 Å². The predicted octanol–water partition coefficient (Wildman–Crippen LogP) is 1.18. The fourth-order valence-electron chi connectivity index (χ4n) is 0.789. The zero-order valence-electron chi connectivity index (χ0n) is 6.38. The Morgan fingerprint density at radius 1 is 1.70 bits per heavy atom. The maximum absolute atomic E-state index is 4.18. The quantitative estimate of drug-likeness (QED) is 0.654. The van der Waals surface area contributed by atoms with Crippen molar-refractivity contribution in [1.82, 2.24) is 9.78 Å². The Labute approximate surface area is 64.8 Å². The highest BCUT2D eigenvalue weighted by Crippen LogP contribution is 2.21. The Kier molecular flexibility index (Phi) is 2.21. The Bertz CT molecular complexity index is 197. The van der Waals surface area contributed by atoms with Crippen molar-refractivity contribution in [3.8, 4) is 0 Å². The third-order valence-corrected chi connectivity index (χ3v) is 1.99. The molecule has 1 aromatic heterocycles. The molecule has 1 N–H and O–H groups in total. The Hall–Kier alpha value is -0.640. The zero-order valence-corrected chi connectivity index (χ0v) is 7.20. The number of hydrogen-bond acceptors (Lipinski definition) is 3. The summed E-state index contributed by atoms with van der Waals surface area (Å²) in [5.74, 6) is 0.954. The molecule has 0 aliphatic carbocycles. The summed E-state index contributed by atoms with van der Waals surface area (Å²) in [5.41, 5.74) is 0. The molecule has 0 spiro atoms. The van der Waals surface area contributed by atoms with Crippen molar-refractivity contribution in [2.75, 3.05) is 18.6 Å². The van der Waals surface area contributed by atoms with E-state index in [9.17, 15) is 0 Å². The molecule has 10 heavy (non-hydrogen) atoms. The van der Waals surface area contributed by atoms with Gasteiger partial charge in [-0.3, -0.25) is 4.68 Å². The van der Waals surface area contributed by atoms with Crippen molar-refractivity contribution in [3.05, 3.63) is 6.20 Å². The number of nitrogens with zero attached hydrogens (tertiary/aromatic N) is 2. The first-order chi connectivity index (χ1) is 4.77. The molecule has 0 aliphatic heterocycles. The summed E-state index contributed by atoms with van der Waals surface area (Å²) in [4.78, 5) is 1.19. The molecule has 0 aliphatic rings. The molecule has 0 radical (unpaired) electrons. The summed E-state index contributed by atoms with van der Waals surface area (Å²) in [6, 6.07) is 0. The first kappa shape index (κ1) is 7.47. The van der Waals surface area contributed by atoms with Gasteiger partial charge in [0.15, 0.2) is 5.82 Å². The van der Waals surface area contributed by atoms with Crippen molar-refractivity contribution < 1.29 is 0 Å². The van der Waals surface area contributed by atoms with Gasteiger partial charge in [0, 0.05) is 20.3 Å². The van der Waals surface area contributed by atoms with Crippen LogP contribution in [0.3, 0.4) is 0 Å². The van der Waals surface area contributed by atoms with E-state index >= 15 is 0 Å². The summed E-state index contributed by atoms with van der Waals surface area (Å²) in [6.45, 7) is 0. The summed E-state index contributed by atoms with van der Waals surface area (Å²) in [7, 11) is 3.79. The van der Waals surface area contributed by atoms with Crippen LogP contribution in [0.25, 0.3) is 0 Å². The van der Waals surface area contributed by atoms with Crippen LogP contribution in [0.2, 0.25) is 0 Å². The molecule has 1 heterocycles. The van der Waals surface area contributed by atoms with Gasteiger partial charge in [0.05, 0.1) is 4.90 Å². The molecule has 0 saturated heterocycles. The van der Waals surface area contributed by atoms with Gasteiger partial charge in [0.2, 0.25) is 0 Å². The molecular formula is C6H11N3S. The second-order valence-corrected chi connectivity index (χ2v) is 2.82. The number of anilines is 1. The van der Waals surface area contributed by atoms with E-state index in [0.29, 0.717) is 0 Å². The largest absolute Gasteiger partial charge is 0.371 e. The van der Waals surface area contributed by atoms with Gasteiger partial charge in [-0.2, -0.15) is 5.10 Å². The van der Waals surface area contributed by atoms with Crippen LogP contribution in [0.1, 0.15) is 0 Å². The van der Waals surface area contributed by atoms with E-state index in [1.165, 1.54) is 4.90 Å². The fraction of sp³-hybridized carbons (Fsp3) is 0.500. The van der Waals surface area contributed by atoms with Crippen LogP contribution in [-0.4, -0.2) is 23.1 Å². The van der Waals surface area contributed by atoms with E-state index < -0.39 is 0 Å². The van der Waals surface area contributed by atoms with Gasteiger partial charge in [0.1, 0.15) is 0 Å². The maximum Gasteiger partial charge on any atom is 0.161 e. The maximum atomic E-state index is 4.18. The van der Waals surface area contributed by atoms with E-state index in [2.05, 4.69) is 10.4 Å². The van der Waals surface area contributed by atoms with Gasteiger partial charge in [-0.05, 0) is 6.26 Å². The molecule has 0 unspecified atom stereocenters. The smallest absolute Gasteiger partial charge is 0.161 e. The van der Waals surface area contributed by atoms with Crippen molar-refractivity contribution in [1.29, 1.82) is 0 Å². The number of aromatic nitrogens is 2. The average molecular weight is 157 g/mol. The second-order valence-electron chi connectivity index (χ2n) is 1.97. The summed E-state index contributed by atoms with van der Waals surface area (Å²) < 4.78 is 1.80. The van der Waals surface area contributed by atoms with Gasteiger partial charge >= 0.3 is 0 Å². The molecular weight excluding hydrogens is 146 g/mol. The standard InChI is InChI=1S/C6H11N3S/c1-7-6-5(10-3)4-9(2)8-6/h4H,1-3H3,(H,7,8). The van der Waals surface area contributed by atoms with Gasteiger partial charge in [-0.25, -0.2) is 0 Å². The van der Waals surface area contributed by atoms with Crippen LogP contribution in [0, 0.1) is 0 Å². The van der Waals surface area contributed by atoms with Gasteiger partial charge in [0.25, 0.3) is 0 Å². The normalized spacial score (nSPS) is 9.90. The molecule has 0 aromatic carbocycles. The summed E-state index contributed by atoms with van der Waals surface area (Å²) in [6.07, 6.45) is 4.04. The molecule has 56 valence electrons. The van der Waals surface area contributed by atoms with Crippen LogP contribution in [0.15, 0.2) is 11.1 Å². The predicted molar refractivity (Wildman–Crippen MR) is 44.5 cm³/mol. The molecule has 0 bridgehead atoms. The lowest BCUT2D eigenvalue weighted by Crippen LogP contribution is -1.92. The fourth-order valence-corrected chi connectivity index (χ4v) is 1.38. The monoisotopic (exact) mass is 157 g/mol. The van der Waals surface area contributed by atoms with Gasteiger partial charge < -0.3 is 5.32 Å². The highest BCUT2D eigenvalue weighted by molar-refractivity contribution is 7.98. The number of thioether (sulfide) groups is 1. The Balaban J connectivity index is 2.96. The van der Waals surface area contributed by atoms with Crippen LogP contribution in [0.5, 0.6) is 0 Å². The first-order valence-corrected chi connectivity index (χ1v) is 4.25. The molecule has 0 amide bonds. The number of nitrogens with one attached hydrogen (secondary N) is 1. The molecule has 1 rings (SSSR count). The topological polar surface area (TPSA) is 29.9 Å². The summed E-state index contributed by atoms with van der Waals surface area (Å²) >= 11 is 1.69. The summed E-state index contributed by atoms with van der Waals surface area (Å²) in [5, 5.41) is 7.20. The minimum absolute atomic E-state index is 0.954. The highest BCUT2D eigenvalue weighted by Gasteiger charge is 2.02.